The number of nitrogens with one attached hydrogen (secondary N) is 1. The van der Waals surface area contributed by atoms with E-state index in [2.05, 4.69) is 11.9 Å². The maximum absolute atomic E-state index is 11.9. The van der Waals surface area contributed by atoms with Crippen LogP contribution in [0.1, 0.15) is 36.6 Å². The first-order chi connectivity index (χ1) is 9.79. The number of hydrogen-bond acceptors (Lipinski definition) is 2. The Bertz CT molecular complexity index is 575. The van der Waals surface area contributed by atoms with Crippen LogP contribution in [0.2, 0.25) is 0 Å². The SMILES string of the molecule is CCCCc1ccc(COCc2ccccc2)c(=O)[nH]1. The molecular formula is C17H21NO2. The van der Waals surface area contributed by atoms with E-state index >= 15 is 0 Å². The monoisotopic (exact) mass is 271 g/mol. The summed E-state index contributed by atoms with van der Waals surface area (Å²) >= 11 is 0. The van der Waals surface area contributed by atoms with Gasteiger partial charge < -0.3 is 9.72 Å². The molecule has 2 aromatic rings. The van der Waals surface area contributed by atoms with Crippen molar-refractivity contribution in [2.24, 2.45) is 0 Å². The van der Waals surface area contributed by atoms with E-state index in [9.17, 15) is 4.79 Å². The molecule has 0 fully saturated rings. The van der Waals surface area contributed by atoms with Gasteiger partial charge in [0.15, 0.2) is 0 Å². The molecule has 3 heteroatoms. The molecule has 2 rings (SSSR count). The summed E-state index contributed by atoms with van der Waals surface area (Å²) < 4.78 is 5.59. The molecule has 0 amide bonds. The molecule has 0 saturated heterocycles. The minimum atomic E-state index is -0.0355. The Morgan fingerprint density at radius 1 is 1.05 bits per heavy atom. The van der Waals surface area contributed by atoms with Crippen LogP contribution in [0.5, 0.6) is 0 Å². The minimum Gasteiger partial charge on any atom is -0.372 e. The number of aromatic amines is 1. The van der Waals surface area contributed by atoms with Gasteiger partial charge in [-0.15, -0.1) is 0 Å². The van der Waals surface area contributed by atoms with Crippen LogP contribution in [0, 0.1) is 0 Å². The van der Waals surface area contributed by atoms with Gasteiger partial charge in [-0.1, -0.05) is 43.7 Å². The van der Waals surface area contributed by atoms with Gasteiger partial charge in [0, 0.05) is 11.3 Å². The lowest BCUT2D eigenvalue weighted by atomic mass is 10.1. The zero-order valence-corrected chi connectivity index (χ0v) is 11.9. The van der Waals surface area contributed by atoms with Crippen LogP contribution in [0.4, 0.5) is 0 Å². The fraction of sp³-hybridized carbons (Fsp3) is 0.353. The fourth-order valence-electron chi connectivity index (χ4n) is 2.02. The van der Waals surface area contributed by atoms with Gasteiger partial charge in [0.2, 0.25) is 0 Å². The number of unbranched alkanes of at least 4 members (excludes halogenated alkanes) is 1. The van der Waals surface area contributed by atoms with Crippen molar-refractivity contribution in [1.82, 2.24) is 4.98 Å². The molecule has 0 aliphatic carbocycles. The molecular weight excluding hydrogens is 250 g/mol. The smallest absolute Gasteiger partial charge is 0.253 e. The standard InChI is InChI=1S/C17H21NO2/c1-2-3-9-16-11-10-15(17(19)18-16)13-20-12-14-7-5-4-6-8-14/h4-8,10-11H,2-3,9,12-13H2,1H3,(H,18,19). The normalized spacial score (nSPS) is 10.7. The number of rotatable bonds is 7. The minimum absolute atomic E-state index is 0.0355. The summed E-state index contributed by atoms with van der Waals surface area (Å²) in [6.07, 6.45) is 3.15. The number of hydrogen-bond donors (Lipinski definition) is 1. The number of pyridine rings is 1. The topological polar surface area (TPSA) is 42.1 Å². The van der Waals surface area contributed by atoms with Crippen LogP contribution in [0.25, 0.3) is 0 Å². The van der Waals surface area contributed by atoms with E-state index in [4.69, 9.17) is 4.74 Å². The van der Waals surface area contributed by atoms with Crippen molar-refractivity contribution in [3.63, 3.8) is 0 Å². The van der Waals surface area contributed by atoms with Gasteiger partial charge in [0.25, 0.3) is 5.56 Å². The second-order valence-electron chi connectivity index (χ2n) is 4.92. The number of aryl methyl sites for hydroxylation is 1. The highest BCUT2D eigenvalue weighted by molar-refractivity contribution is 5.15. The average Bonchev–Trinajstić information content (AvgIpc) is 2.48. The van der Waals surface area contributed by atoms with Crippen LogP contribution >= 0.6 is 0 Å². The molecule has 106 valence electrons. The average molecular weight is 271 g/mol. The maximum Gasteiger partial charge on any atom is 0.253 e. The third kappa shape index (κ3) is 4.35. The zero-order chi connectivity index (χ0) is 14.2. The molecule has 1 aromatic heterocycles. The zero-order valence-electron chi connectivity index (χ0n) is 11.9. The number of benzene rings is 1. The van der Waals surface area contributed by atoms with Gasteiger partial charge in [-0.2, -0.15) is 0 Å². The lowest BCUT2D eigenvalue weighted by Gasteiger charge is -2.05. The summed E-state index contributed by atoms with van der Waals surface area (Å²) in [6.45, 7) is 3.01. The Kier molecular flexibility index (Phi) is 5.56. The van der Waals surface area contributed by atoms with Gasteiger partial charge in [-0.05, 0) is 30.5 Å². The van der Waals surface area contributed by atoms with Crippen LogP contribution in [-0.2, 0) is 24.4 Å². The van der Waals surface area contributed by atoms with E-state index in [-0.39, 0.29) is 5.56 Å². The van der Waals surface area contributed by atoms with E-state index < -0.39 is 0 Å². The van der Waals surface area contributed by atoms with Crippen molar-refractivity contribution in [3.05, 3.63) is 69.6 Å². The van der Waals surface area contributed by atoms with E-state index in [0.717, 1.165) is 30.5 Å². The summed E-state index contributed by atoms with van der Waals surface area (Å²) in [6, 6.07) is 13.8. The van der Waals surface area contributed by atoms with Gasteiger partial charge >= 0.3 is 0 Å². The van der Waals surface area contributed by atoms with E-state index in [0.29, 0.717) is 18.8 Å². The molecule has 20 heavy (non-hydrogen) atoms. The lowest BCUT2D eigenvalue weighted by molar-refractivity contribution is 0.106. The van der Waals surface area contributed by atoms with Crippen molar-refractivity contribution in [2.75, 3.05) is 0 Å². The Morgan fingerprint density at radius 2 is 1.85 bits per heavy atom. The van der Waals surface area contributed by atoms with Crippen molar-refractivity contribution in [3.8, 4) is 0 Å². The third-order valence-electron chi connectivity index (χ3n) is 3.22. The molecule has 0 aliphatic heterocycles. The van der Waals surface area contributed by atoms with Crippen molar-refractivity contribution >= 4 is 0 Å². The van der Waals surface area contributed by atoms with E-state index in [1.165, 1.54) is 0 Å². The summed E-state index contributed by atoms with van der Waals surface area (Å²) in [5.41, 5.74) is 2.76. The molecule has 1 N–H and O–H groups in total. The Morgan fingerprint density at radius 3 is 2.55 bits per heavy atom. The van der Waals surface area contributed by atoms with Crippen molar-refractivity contribution < 1.29 is 4.74 Å². The Labute approximate surface area is 119 Å². The molecule has 0 spiro atoms. The summed E-state index contributed by atoms with van der Waals surface area (Å²) in [4.78, 5) is 14.8. The Balaban J connectivity index is 1.88. The Hall–Kier alpha value is -1.87. The molecule has 1 aromatic carbocycles. The van der Waals surface area contributed by atoms with Gasteiger partial charge in [-0.25, -0.2) is 0 Å². The molecule has 0 saturated carbocycles. The van der Waals surface area contributed by atoms with Gasteiger partial charge in [0.05, 0.1) is 13.2 Å². The summed E-state index contributed by atoms with van der Waals surface area (Å²) in [5.74, 6) is 0. The lowest BCUT2D eigenvalue weighted by Crippen LogP contribution is -2.15. The van der Waals surface area contributed by atoms with Crippen LogP contribution in [-0.4, -0.2) is 4.98 Å². The summed E-state index contributed by atoms with van der Waals surface area (Å²) in [5, 5.41) is 0. The molecule has 0 unspecified atom stereocenters. The number of H-pyrrole nitrogens is 1. The second-order valence-corrected chi connectivity index (χ2v) is 4.92. The molecule has 1 heterocycles. The number of ether oxygens (including phenoxy) is 1. The maximum atomic E-state index is 11.9. The number of aromatic nitrogens is 1. The first kappa shape index (κ1) is 14.5. The van der Waals surface area contributed by atoms with Crippen molar-refractivity contribution in [2.45, 2.75) is 39.4 Å². The second kappa shape index (κ2) is 7.65. The van der Waals surface area contributed by atoms with Crippen LogP contribution in [0.3, 0.4) is 0 Å². The van der Waals surface area contributed by atoms with Gasteiger partial charge in [-0.3, -0.25) is 4.79 Å². The fourth-order valence-corrected chi connectivity index (χ4v) is 2.02. The predicted molar refractivity (Wildman–Crippen MR) is 80.6 cm³/mol. The highest BCUT2D eigenvalue weighted by Crippen LogP contribution is 2.05. The summed E-state index contributed by atoms with van der Waals surface area (Å²) in [7, 11) is 0. The first-order valence-corrected chi connectivity index (χ1v) is 7.12. The predicted octanol–water partition coefficient (Wildman–Crippen LogP) is 3.43. The van der Waals surface area contributed by atoms with E-state index in [1.54, 1.807) is 0 Å². The molecule has 0 radical (unpaired) electrons. The molecule has 0 aliphatic rings. The first-order valence-electron chi connectivity index (χ1n) is 7.12. The third-order valence-corrected chi connectivity index (χ3v) is 3.22. The van der Waals surface area contributed by atoms with Crippen LogP contribution in [0.15, 0.2) is 47.3 Å². The van der Waals surface area contributed by atoms with E-state index in [1.807, 2.05) is 42.5 Å². The largest absolute Gasteiger partial charge is 0.372 e. The highest BCUT2D eigenvalue weighted by atomic mass is 16.5. The van der Waals surface area contributed by atoms with Gasteiger partial charge in [0.1, 0.15) is 0 Å². The van der Waals surface area contributed by atoms with Crippen LogP contribution < -0.4 is 5.56 Å². The molecule has 0 bridgehead atoms. The molecule has 0 atom stereocenters. The van der Waals surface area contributed by atoms with Crippen molar-refractivity contribution in [1.29, 1.82) is 0 Å². The highest BCUT2D eigenvalue weighted by Gasteiger charge is 2.02. The molecule has 3 nitrogen and oxygen atoms in total. The quantitative estimate of drug-likeness (QED) is 0.838.